The molecule has 4 aliphatic rings. The van der Waals surface area contributed by atoms with Crippen LogP contribution in [0.25, 0.3) is 16.9 Å². The Kier molecular flexibility index (Phi) is 5.10. The van der Waals surface area contributed by atoms with Crippen LogP contribution in [0.5, 0.6) is 0 Å². The molecule has 1 aromatic carbocycles. The van der Waals surface area contributed by atoms with Gasteiger partial charge in [-0.2, -0.15) is 9.78 Å². The van der Waals surface area contributed by atoms with Crippen LogP contribution in [-0.4, -0.2) is 64.0 Å². The van der Waals surface area contributed by atoms with Crippen molar-refractivity contribution >= 4 is 5.91 Å². The number of aromatic nitrogens is 3. The van der Waals surface area contributed by atoms with Gasteiger partial charge in [0.05, 0.1) is 22.9 Å². The molecule has 8 heteroatoms. The van der Waals surface area contributed by atoms with E-state index in [9.17, 15) is 9.59 Å². The molecule has 5 rings (SSSR count). The first kappa shape index (κ1) is 19.0. The fraction of sp³-hybridized carbons (Fsp3) is 0.409. The molecule has 0 aliphatic carbocycles. The number of nitrogens with one attached hydrogen (secondary N) is 1. The van der Waals surface area contributed by atoms with Gasteiger partial charge in [-0.3, -0.25) is 9.59 Å². The minimum Gasteiger partial charge on any atom is -0.376 e. The molecule has 4 heterocycles. The highest BCUT2D eigenvalue weighted by Crippen LogP contribution is 2.25. The molecule has 30 heavy (non-hydrogen) atoms. The lowest BCUT2D eigenvalue weighted by atomic mass is 10.1. The molecule has 2 fully saturated rings. The number of hydrogen-bond acceptors (Lipinski definition) is 5. The Hall–Kier alpha value is -2.97. The molecule has 156 valence electrons. The van der Waals surface area contributed by atoms with Gasteiger partial charge in [-0.05, 0) is 25.0 Å². The summed E-state index contributed by atoms with van der Waals surface area (Å²) in [7, 11) is 0. The van der Waals surface area contributed by atoms with Gasteiger partial charge in [-0.1, -0.05) is 18.2 Å². The minimum atomic E-state index is -0.216. The Morgan fingerprint density at radius 1 is 1.17 bits per heavy atom. The minimum absolute atomic E-state index is 0.0825. The number of hydrogen-bond donors (Lipinski definition) is 1. The smallest absolute Gasteiger partial charge is 0.282 e. The number of carbonyl (C=O) groups excluding carboxylic acids is 1. The van der Waals surface area contributed by atoms with Gasteiger partial charge in [0.2, 0.25) is 0 Å². The number of carbonyl (C=O) groups is 1. The maximum Gasteiger partial charge on any atom is 0.282 e. The zero-order valence-electron chi connectivity index (χ0n) is 16.8. The highest BCUT2D eigenvalue weighted by Gasteiger charge is 2.28. The van der Waals surface area contributed by atoms with Gasteiger partial charge in [0.1, 0.15) is 5.69 Å². The van der Waals surface area contributed by atoms with Crippen LogP contribution < -0.4 is 10.9 Å². The molecule has 0 bridgehead atoms. The van der Waals surface area contributed by atoms with Crippen molar-refractivity contribution in [3.05, 3.63) is 58.6 Å². The number of para-hydroxylation sites is 1. The summed E-state index contributed by atoms with van der Waals surface area (Å²) in [6.07, 6.45) is 5.77. The van der Waals surface area contributed by atoms with Crippen LogP contribution in [0.3, 0.4) is 0 Å². The monoisotopic (exact) mass is 407 g/mol. The van der Waals surface area contributed by atoms with Crippen LogP contribution in [0.4, 0.5) is 0 Å². The Labute approximate surface area is 174 Å². The van der Waals surface area contributed by atoms with Crippen LogP contribution in [0.15, 0.2) is 47.5 Å². The lowest BCUT2D eigenvalue weighted by Gasteiger charge is -2.28. The van der Waals surface area contributed by atoms with Gasteiger partial charge in [0.15, 0.2) is 0 Å². The van der Waals surface area contributed by atoms with Gasteiger partial charge in [0.25, 0.3) is 11.5 Å². The number of piperazine rings is 1. The summed E-state index contributed by atoms with van der Waals surface area (Å²) in [4.78, 5) is 28.4. The molecular weight excluding hydrogens is 382 g/mol. The lowest BCUT2D eigenvalue weighted by Crippen LogP contribution is -2.46. The molecular formula is C22H25N5O3. The van der Waals surface area contributed by atoms with E-state index in [1.807, 2.05) is 46.0 Å². The highest BCUT2D eigenvalue weighted by atomic mass is 16.5. The van der Waals surface area contributed by atoms with E-state index in [1.54, 1.807) is 6.20 Å². The van der Waals surface area contributed by atoms with E-state index >= 15 is 0 Å². The quantitative estimate of drug-likeness (QED) is 0.706. The predicted molar refractivity (Wildman–Crippen MR) is 112 cm³/mol. The first-order valence-electron chi connectivity index (χ1n) is 10.5. The fourth-order valence-electron chi connectivity index (χ4n) is 4.23. The Balaban J connectivity index is 1.61. The zero-order chi connectivity index (χ0) is 20.5. The summed E-state index contributed by atoms with van der Waals surface area (Å²) in [5.74, 6) is -0.0825. The SMILES string of the molecule is O=C(c1cn(C[C@H]2CCCO2)cc2c(=O)n(-c3ccccc3)nc1-2)N1CCNCC1. The third-order valence-corrected chi connectivity index (χ3v) is 5.80. The third-order valence-electron chi connectivity index (χ3n) is 5.80. The number of amides is 1. The van der Waals surface area contributed by atoms with E-state index < -0.39 is 0 Å². The van der Waals surface area contributed by atoms with Crippen LogP contribution in [0.2, 0.25) is 0 Å². The van der Waals surface area contributed by atoms with Gasteiger partial charge < -0.3 is 19.5 Å². The molecule has 0 aromatic heterocycles. The maximum atomic E-state index is 13.4. The van der Waals surface area contributed by atoms with E-state index in [0.29, 0.717) is 42.1 Å². The highest BCUT2D eigenvalue weighted by molar-refractivity contribution is 6.00. The van der Waals surface area contributed by atoms with Crippen LogP contribution in [0.1, 0.15) is 23.2 Å². The van der Waals surface area contributed by atoms with E-state index in [4.69, 9.17) is 4.74 Å². The molecule has 4 aliphatic heterocycles. The van der Waals surface area contributed by atoms with Crippen LogP contribution >= 0.6 is 0 Å². The number of nitrogens with zero attached hydrogens (tertiary/aromatic N) is 4. The average molecular weight is 407 g/mol. The fourth-order valence-corrected chi connectivity index (χ4v) is 4.23. The lowest BCUT2D eigenvalue weighted by molar-refractivity contribution is 0.0733. The number of ether oxygens (including phenoxy) is 1. The zero-order valence-corrected chi connectivity index (χ0v) is 16.8. The van der Waals surface area contributed by atoms with Crippen molar-refractivity contribution < 1.29 is 9.53 Å². The predicted octanol–water partition coefficient (Wildman–Crippen LogP) is 1.36. The molecule has 1 atom stereocenters. The van der Waals surface area contributed by atoms with Crippen LogP contribution in [0, 0.1) is 0 Å². The molecule has 1 N–H and O–H groups in total. The number of pyridine rings is 1. The summed E-state index contributed by atoms with van der Waals surface area (Å²) in [5.41, 5.74) is 1.85. The number of fused-ring (bicyclic) bond motifs is 1. The largest absolute Gasteiger partial charge is 0.376 e. The molecule has 8 nitrogen and oxygen atoms in total. The second-order valence-electron chi connectivity index (χ2n) is 7.86. The third kappa shape index (κ3) is 3.53. The summed E-state index contributed by atoms with van der Waals surface area (Å²) in [6, 6.07) is 9.31. The Morgan fingerprint density at radius 2 is 1.97 bits per heavy atom. The first-order valence-corrected chi connectivity index (χ1v) is 10.5. The van der Waals surface area contributed by atoms with Crippen molar-refractivity contribution in [2.75, 3.05) is 32.8 Å². The molecule has 0 unspecified atom stereocenters. The van der Waals surface area contributed by atoms with E-state index in [0.717, 1.165) is 32.5 Å². The summed E-state index contributed by atoms with van der Waals surface area (Å²) in [5, 5.41) is 7.83. The van der Waals surface area contributed by atoms with Crippen molar-refractivity contribution in [3.63, 3.8) is 0 Å². The van der Waals surface area contributed by atoms with Gasteiger partial charge in [-0.25, -0.2) is 0 Å². The second kappa shape index (κ2) is 8.04. The normalized spacial score (nSPS) is 19.5. The van der Waals surface area contributed by atoms with Gasteiger partial charge in [0, 0.05) is 51.7 Å². The van der Waals surface area contributed by atoms with E-state index in [1.165, 1.54) is 4.68 Å². The van der Waals surface area contributed by atoms with E-state index in [2.05, 4.69) is 10.4 Å². The summed E-state index contributed by atoms with van der Waals surface area (Å²) >= 11 is 0. The van der Waals surface area contributed by atoms with Gasteiger partial charge >= 0.3 is 0 Å². The van der Waals surface area contributed by atoms with Crippen molar-refractivity contribution in [1.82, 2.24) is 24.6 Å². The molecule has 1 amide bonds. The molecule has 0 spiro atoms. The molecule has 2 saturated heterocycles. The van der Waals surface area contributed by atoms with Crippen LogP contribution in [-0.2, 0) is 11.3 Å². The average Bonchev–Trinajstić information content (AvgIpc) is 3.42. The summed E-state index contributed by atoms with van der Waals surface area (Å²) < 4.78 is 9.07. The molecule has 1 aromatic rings. The first-order chi connectivity index (χ1) is 14.7. The summed E-state index contributed by atoms with van der Waals surface area (Å²) in [6.45, 7) is 4.20. The number of rotatable bonds is 4. The Bertz CT molecular complexity index is 1060. The topological polar surface area (TPSA) is 81.4 Å². The number of benzene rings is 1. The van der Waals surface area contributed by atoms with Crippen molar-refractivity contribution in [2.24, 2.45) is 0 Å². The van der Waals surface area contributed by atoms with Gasteiger partial charge in [-0.15, -0.1) is 0 Å². The van der Waals surface area contributed by atoms with Crippen molar-refractivity contribution in [1.29, 1.82) is 0 Å². The molecule has 0 saturated carbocycles. The van der Waals surface area contributed by atoms with Crippen molar-refractivity contribution in [3.8, 4) is 16.9 Å². The standard InChI is InChI=1S/C22H25N5O3/c28-21(26-10-8-23-9-11-26)18-14-25(13-17-7-4-12-30-17)15-19-20(18)24-27(22(19)29)16-5-2-1-3-6-16/h1-3,5-6,14-15,17,23H,4,7-13H2/t17-/m1/s1. The van der Waals surface area contributed by atoms with E-state index in [-0.39, 0.29) is 17.6 Å². The molecule has 0 radical (unpaired) electrons. The Morgan fingerprint density at radius 3 is 2.70 bits per heavy atom. The second-order valence-corrected chi connectivity index (χ2v) is 7.86. The maximum absolute atomic E-state index is 13.4. The van der Waals surface area contributed by atoms with Crippen molar-refractivity contribution in [2.45, 2.75) is 25.5 Å².